The quantitative estimate of drug-likeness (QED) is 0.383. The van der Waals surface area contributed by atoms with Crippen molar-refractivity contribution < 1.29 is 19.8 Å². The number of aliphatic carboxylic acids is 2. The Hall–Kier alpha value is -1.32. The highest BCUT2D eigenvalue weighted by Gasteiger charge is 2.29. The second-order valence-corrected chi connectivity index (χ2v) is 6.71. The van der Waals surface area contributed by atoms with E-state index in [2.05, 4.69) is 6.92 Å². The molecular weight excluding hydrogens is 292 g/mol. The molecule has 0 atom stereocenters. The number of carbonyl (C=O) groups is 2. The Labute approximate surface area is 140 Å². The number of rotatable bonds is 12. The Morgan fingerprint density at radius 3 is 1.83 bits per heavy atom. The lowest BCUT2D eigenvalue weighted by Crippen LogP contribution is -2.17. The van der Waals surface area contributed by atoms with E-state index in [1.54, 1.807) is 0 Å². The fraction of sp³-hybridized carbons (Fsp3) is 0.789. The van der Waals surface area contributed by atoms with Gasteiger partial charge in [0.2, 0.25) is 0 Å². The highest BCUT2D eigenvalue weighted by atomic mass is 16.4. The van der Waals surface area contributed by atoms with Crippen LogP contribution in [0.3, 0.4) is 0 Å². The molecule has 0 aliphatic heterocycles. The molecule has 0 bridgehead atoms. The summed E-state index contributed by atoms with van der Waals surface area (Å²) in [5, 5.41) is 18.9. The molecule has 1 rings (SSSR count). The van der Waals surface area contributed by atoms with E-state index in [9.17, 15) is 19.8 Å². The van der Waals surface area contributed by atoms with Crippen LogP contribution in [0.25, 0.3) is 0 Å². The van der Waals surface area contributed by atoms with E-state index in [1.165, 1.54) is 32.1 Å². The van der Waals surface area contributed by atoms with Crippen LogP contribution in [-0.4, -0.2) is 22.2 Å². The number of hydrogen-bond donors (Lipinski definition) is 2. The average molecular weight is 324 g/mol. The molecule has 0 aromatic heterocycles. The maximum atomic E-state index is 11.5. The minimum atomic E-state index is -1.04. The van der Waals surface area contributed by atoms with Gasteiger partial charge in [0.25, 0.3) is 0 Å². The fourth-order valence-electron chi connectivity index (χ4n) is 3.56. The molecule has 0 unspecified atom stereocenters. The van der Waals surface area contributed by atoms with Gasteiger partial charge in [0, 0.05) is 5.57 Å². The van der Waals surface area contributed by atoms with Crippen molar-refractivity contribution in [3.8, 4) is 0 Å². The molecule has 0 amide bonds. The highest BCUT2D eigenvalue weighted by molar-refractivity contribution is 5.99. The lowest BCUT2D eigenvalue weighted by molar-refractivity contribution is -0.136. The number of unbranched alkanes of at least 4 members (excludes halogenated alkanes) is 7. The molecule has 0 aromatic carbocycles. The van der Waals surface area contributed by atoms with Crippen molar-refractivity contribution in [1.29, 1.82) is 0 Å². The van der Waals surface area contributed by atoms with Crippen LogP contribution in [0.15, 0.2) is 11.1 Å². The predicted octanol–water partition coefficient (Wildman–Crippen LogP) is 5.17. The largest absolute Gasteiger partial charge is 0.478 e. The predicted molar refractivity (Wildman–Crippen MR) is 91.5 cm³/mol. The summed E-state index contributed by atoms with van der Waals surface area (Å²) >= 11 is 0. The Balaban J connectivity index is 2.48. The van der Waals surface area contributed by atoms with E-state index in [1.807, 2.05) is 0 Å². The van der Waals surface area contributed by atoms with Crippen LogP contribution in [0.4, 0.5) is 0 Å². The second-order valence-electron chi connectivity index (χ2n) is 6.71. The summed E-state index contributed by atoms with van der Waals surface area (Å²) in [4.78, 5) is 23.1. The number of hydrogen-bond acceptors (Lipinski definition) is 2. The van der Waals surface area contributed by atoms with E-state index in [4.69, 9.17) is 0 Å². The highest BCUT2D eigenvalue weighted by Crippen LogP contribution is 2.34. The van der Waals surface area contributed by atoms with E-state index < -0.39 is 11.9 Å². The van der Waals surface area contributed by atoms with E-state index in [-0.39, 0.29) is 17.1 Å². The summed E-state index contributed by atoms with van der Waals surface area (Å²) in [6.45, 7) is 2.20. The van der Waals surface area contributed by atoms with Crippen molar-refractivity contribution in [2.24, 2.45) is 5.92 Å². The second kappa shape index (κ2) is 11.3. The van der Waals surface area contributed by atoms with E-state index in [0.29, 0.717) is 6.42 Å². The summed E-state index contributed by atoms with van der Waals surface area (Å²) < 4.78 is 0. The zero-order valence-electron chi connectivity index (χ0n) is 14.5. The Bertz CT molecular complexity index is 406. The van der Waals surface area contributed by atoms with Crippen molar-refractivity contribution >= 4 is 11.9 Å². The molecule has 0 heterocycles. The zero-order valence-corrected chi connectivity index (χ0v) is 14.5. The maximum absolute atomic E-state index is 11.5. The van der Waals surface area contributed by atoms with Crippen LogP contribution in [0.1, 0.15) is 90.4 Å². The molecule has 1 saturated carbocycles. The van der Waals surface area contributed by atoms with E-state index >= 15 is 0 Å². The Kier molecular flexibility index (Phi) is 9.65. The van der Waals surface area contributed by atoms with Gasteiger partial charge >= 0.3 is 11.9 Å². The summed E-state index contributed by atoms with van der Waals surface area (Å²) in [6, 6.07) is 0. The van der Waals surface area contributed by atoms with Crippen molar-refractivity contribution in [3.63, 3.8) is 0 Å². The van der Waals surface area contributed by atoms with Gasteiger partial charge in [0.05, 0.1) is 5.57 Å². The van der Waals surface area contributed by atoms with Gasteiger partial charge in [-0.05, 0) is 31.6 Å². The smallest absolute Gasteiger partial charge is 0.332 e. The molecule has 0 saturated heterocycles. The first-order chi connectivity index (χ1) is 11.1. The molecule has 1 aliphatic rings. The van der Waals surface area contributed by atoms with Gasteiger partial charge in [0.1, 0.15) is 0 Å². The molecule has 23 heavy (non-hydrogen) atoms. The molecule has 0 aromatic rings. The zero-order chi connectivity index (χ0) is 17.1. The van der Waals surface area contributed by atoms with Crippen LogP contribution in [0.5, 0.6) is 0 Å². The van der Waals surface area contributed by atoms with Gasteiger partial charge < -0.3 is 10.2 Å². The number of carboxylic acids is 2. The monoisotopic (exact) mass is 324 g/mol. The van der Waals surface area contributed by atoms with Gasteiger partial charge in [-0.2, -0.15) is 0 Å². The third-order valence-corrected chi connectivity index (χ3v) is 4.86. The molecule has 132 valence electrons. The molecule has 0 spiro atoms. The summed E-state index contributed by atoms with van der Waals surface area (Å²) in [5.41, 5.74) is 0.327. The first kappa shape index (κ1) is 19.7. The summed E-state index contributed by atoms with van der Waals surface area (Å²) in [6.07, 6.45) is 13.2. The molecule has 0 radical (unpaired) electrons. The molecule has 4 nitrogen and oxygen atoms in total. The van der Waals surface area contributed by atoms with Gasteiger partial charge in [-0.3, -0.25) is 0 Å². The van der Waals surface area contributed by atoms with Gasteiger partial charge in [-0.15, -0.1) is 0 Å². The SMILES string of the molecule is CCCCCCCCCCC(C(=O)O)=C(C(=O)O)C1CCCC1. The third-order valence-electron chi connectivity index (χ3n) is 4.86. The normalized spacial score (nSPS) is 16.4. The topological polar surface area (TPSA) is 74.6 Å². The van der Waals surface area contributed by atoms with Crippen molar-refractivity contribution in [1.82, 2.24) is 0 Å². The molecule has 1 aliphatic carbocycles. The first-order valence-electron chi connectivity index (χ1n) is 9.27. The Morgan fingerprint density at radius 2 is 1.35 bits per heavy atom. The van der Waals surface area contributed by atoms with Crippen LogP contribution < -0.4 is 0 Å². The van der Waals surface area contributed by atoms with Crippen LogP contribution in [0, 0.1) is 5.92 Å². The Morgan fingerprint density at radius 1 is 0.826 bits per heavy atom. The molecular formula is C19H32O4. The number of carboxylic acid groups (broad SMARTS) is 2. The minimum absolute atomic E-state index is 0.0624. The van der Waals surface area contributed by atoms with Crippen molar-refractivity contribution in [2.75, 3.05) is 0 Å². The molecule has 1 fully saturated rings. The summed E-state index contributed by atoms with van der Waals surface area (Å²) in [5.74, 6) is -2.14. The van der Waals surface area contributed by atoms with Crippen molar-refractivity contribution in [3.05, 3.63) is 11.1 Å². The molecule has 4 heteroatoms. The van der Waals surface area contributed by atoms with Crippen LogP contribution in [0.2, 0.25) is 0 Å². The van der Waals surface area contributed by atoms with Gasteiger partial charge in [-0.25, -0.2) is 9.59 Å². The first-order valence-corrected chi connectivity index (χ1v) is 9.27. The fourth-order valence-corrected chi connectivity index (χ4v) is 3.56. The van der Waals surface area contributed by atoms with Gasteiger partial charge in [-0.1, -0.05) is 64.7 Å². The standard InChI is InChI=1S/C19H32O4/c1-2-3-4-5-6-7-8-9-14-16(18(20)21)17(19(22)23)15-12-10-11-13-15/h15H,2-14H2,1H3,(H,20,21)(H,22,23). The summed E-state index contributed by atoms with van der Waals surface area (Å²) in [7, 11) is 0. The van der Waals surface area contributed by atoms with Gasteiger partial charge in [0.15, 0.2) is 0 Å². The average Bonchev–Trinajstić information content (AvgIpc) is 3.01. The lowest BCUT2D eigenvalue weighted by atomic mass is 9.90. The van der Waals surface area contributed by atoms with Crippen LogP contribution >= 0.6 is 0 Å². The van der Waals surface area contributed by atoms with Crippen LogP contribution in [-0.2, 0) is 9.59 Å². The molecule has 2 N–H and O–H groups in total. The third kappa shape index (κ3) is 7.19. The lowest BCUT2D eigenvalue weighted by Gasteiger charge is -2.14. The minimum Gasteiger partial charge on any atom is -0.478 e. The van der Waals surface area contributed by atoms with E-state index in [0.717, 1.165) is 44.9 Å². The van der Waals surface area contributed by atoms with Crippen molar-refractivity contribution in [2.45, 2.75) is 90.4 Å². The maximum Gasteiger partial charge on any atom is 0.332 e.